The summed E-state index contributed by atoms with van der Waals surface area (Å²) in [5.74, 6) is 0. The molecular weight excluding hydrogens is 352 g/mol. The molecule has 4 aromatic heterocycles. The molecule has 0 N–H and O–H groups in total. The van der Waals surface area contributed by atoms with Gasteiger partial charge in [-0.3, -0.25) is 9.30 Å². The normalized spacial score (nSPS) is 12.0. The zero-order valence-corrected chi connectivity index (χ0v) is 15.7. The van der Waals surface area contributed by atoms with Gasteiger partial charge in [0.2, 0.25) is 4.96 Å². The Balaban J connectivity index is 1.72. The van der Waals surface area contributed by atoms with Gasteiger partial charge in [-0.1, -0.05) is 11.3 Å². The minimum absolute atomic E-state index is 0.411. The summed E-state index contributed by atoms with van der Waals surface area (Å²) in [4.78, 5) is 23.3. The van der Waals surface area contributed by atoms with Crippen molar-refractivity contribution >= 4 is 33.7 Å². The molecule has 134 valence electrons. The predicted molar refractivity (Wildman–Crippen MR) is 99.7 cm³/mol. The molecule has 9 heteroatoms. The minimum Gasteiger partial charge on any atom is -0.443 e. The first-order valence-electron chi connectivity index (χ1n) is 8.06. The molecule has 0 aliphatic carbocycles. The number of carbonyl (C=O) groups is 1. The van der Waals surface area contributed by atoms with Gasteiger partial charge in [-0.15, -0.1) is 0 Å². The molecule has 0 saturated carbocycles. The number of imidazole rings is 2. The van der Waals surface area contributed by atoms with E-state index in [0.29, 0.717) is 5.69 Å². The average Bonchev–Trinajstić information content (AvgIpc) is 3.25. The first-order valence-corrected chi connectivity index (χ1v) is 8.88. The molecule has 4 aromatic rings. The molecule has 1 amide bonds. The van der Waals surface area contributed by atoms with Crippen LogP contribution in [0.1, 0.15) is 20.8 Å². The van der Waals surface area contributed by atoms with E-state index in [1.54, 1.807) is 30.2 Å². The highest BCUT2D eigenvalue weighted by Crippen LogP contribution is 2.27. The number of pyridine rings is 1. The molecule has 0 aliphatic rings. The van der Waals surface area contributed by atoms with Gasteiger partial charge in [-0.25, -0.2) is 19.3 Å². The van der Waals surface area contributed by atoms with Gasteiger partial charge in [0, 0.05) is 19.4 Å². The van der Waals surface area contributed by atoms with Crippen LogP contribution in [-0.4, -0.2) is 42.7 Å². The molecule has 4 heterocycles. The van der Waals surface area contributed by atoms with E-state index in [2.05, 4.69) is 15.1 Å². The molecule has 0 radical (unpaired) electrons. The Kier molecular flexibility index (Phi) is 3.69. The van der Waals surface area contributed by atoms with Crippen LogP contribution in [0.25, 0.3) is 21.3 Å². The summed E-state index contributed by atoms with van der Waals surface area (Å²) in [6.07, 6.45) is 6.73. The van der Waals surface area contributed by atoms with Gasteiger partial charge in [0.1, 0.15) is 16.9 Å². The maximum atomic E-state index is 12.3. The van der Waals surface area contributed by atoms with Crippen molar-refractivity contribution in [1.29, 1.82) is 0 Å². The second-order valence-electron chi connectivity index (χ2n) is 6.86. The number of fused-ring (bicyclic) bond motifs is 2. The fourth-order valence-electron chi connectivity index (χ4n) is 2.50. The van der Waals surface area contributed by atoms with Crippen LogP contribution >= 0.6 is 11.3 Å². The maximum absolute atomic E-state index is 12.3. The van der Waals surface area contributed by atoms with E-state index in [9.17, 15) is 4.79 Å². The van der Waals surface area contributed by atoms with E-state index in [1.807, 2.05) is 43.5 Å². The number of carbonyl (C=O) groups excluding carboxylic acids is 1. The highest BCUT2D eigenvalue weighted by molar-refractivity contribution is 7.19. The largest absolute Gasteiger partial charge is 0.443 e. The monoisotopic (exact) mass is 370 g/mol. The van der Waals surface area contributed by atoms with E-state index in [1.165, 1.54) is 16.2 Å². The van der Waals surface area contributed by atoms with E-state index in [-0.39, 0.29) is 0 Å². The Morgan fingerprint density at radius 3 is 2.81 bits per heavy atom. The average molecular weight is 370 g/mol. The van der Waals surface area contributed by atoms with E-state index >= 15 is 0 Å². The number of hydrogen-bond donors (Lipinski definition) is 0. The summed E-state index contributed by atoms with van der Waals surface area (Å²) in [7, 11) is 1.68. The third-order valence-corrected chi connectivity index (χ3v) is 4.70. The summed E-state index contributed by atoms with van der Waals surface area (Å²) in [5, 5.41) is 5.33. The van der Waals surface area contributed by atoms with Crippen LogP contribution in [0.2, 0.25) is 0 Å². The van der Waals surface area contributed by atoms with Gasteiger partial charge in [0.05, 0.1) is 18.1 Å². The van der Waals surface area contributed by atoms with Crippen LogP contribution in [0, 0.1) is 0 Å². The standard InChI is InChI=1S/C17H18N6O2S/c1-17(2,3)25-16(24)21(4)11-5-6-13-19-9-12(22(13)10-11)14-20-23-8-7-18-15(23)26-14/h5-10H,1-4H3. The molecular formula is C17H18N6O2S. The number of amides is 1. The van der Waals surface area contributed by atoms with E-state index in [4.69, 9.17) is 4.74 Å². The topological polar surface area (TPSA) is 77.0 Å². The first kappa shape index (κ1) is 16.5. The molecule has 0 aliphatic heterocycles. The van der Waals surface area contributed by atoms with Crippen LogP contribution in [0.3, 0.4) is 0 Å². The zero-order chi connectivity index (χ0) is 18.5. The van der Waals surface area contributed by atoms with Crippen LogP contribution in [-0.2, 0) is 4.74 Å². The van der Waals surface area contributed by atoms with Gasteiger partial charge in [-0.05, 0) is 32.9 Å². The lowest BCUT2D eigenvalue weighted by Crippen LogP contribution is -2.34. The van der Waals surface area contributed by atoms with Crippen molar-refractivity contribution in [2.75, 3.05) is 11.9 Å². The fourth-order valence-corrected chi connectivity index (χ4v) is 3.37. The van der Waals surface area contributed by atoms with Crippen LogP contribution in [0.4, 0.5) is 10.5 Å². The molecule has 0 saturated heterocycles. The zero-order valence-electron chi connectivity index (χ0n) is 14.9. The van der Waals surface area contributed by atoms with Crippen molar-refractivity contribution in [3.63, 3.8) is 0 Å². The molecule has 0 unspecified atom stereocenters. The third kappa shape index (κ3) is 2.90. The molecule has 0 aromatic carbocycles. The van der Waals surface area contributed by atoms with Gasteiger partial charge < -0.3 is 4.74 Å². The summed E-state index contributed by atoms with van der Waals surface area (Å²) in [6.45, 7) is 5.53. The van der Waals surface area contributed by atoms with Gasteiger partial charge in [0.15, 0.2) is 5.01 Å². The number of hydrogen-bond acceptors (Lipinski definition) is 6. The van der Waals surface area contributed by atoms with Gasteiger partial charge >= 0.3 is 6.09 Å². The minimum atomic E-state index is -0.550. The predicted octanol–water partition coefficient (Wildman–Crippen LogP) is 3.48. The Bertz CT molecular complexity index is 1080. The second-order valence-corrected chi connectivity index (χ2v) is 7.82. The lowest BCUT2D eigenvalue weighted by atomic mass is 10.2. The molecule has 26 heavy (non-hydrogen) atoms. The number of rotatable bonds is 2. The number of anilines is 1. The van der Waals surface area contributed by atoms with Crippen LogP contribution in [0.5, 0.6) is 0 Å². The number of ether oxygens (including phenoxy) is 1. The van der Waals surface area contributed by atoms with Gasteiger partial charge in [-0.2, -0.15) is 5.10 Å². The van der Waals surface area contributed by atoms with E-state index < -0.39 is 11.7 Å². The SMILES string of the molecule is CN(C(=O)OC(C)(C)C)c1ccc2ncc(-c3nn4ccnc4s3)n2c1. The molecule has 0 bridgehead atoms. The fraction of sp³-hybridized carbons (Fsp3) is 0.294. The molecule has 0 fully saturated rings. The summed E-state index contributed by atoms with van der Waals surface area (Å²) in [6, 6.07) is 3.70. The molecule has 4 rings (SSSR count). The summed E-state index contributed by atoms with van der Waals surface area (Å²) in [5.41, 5.74) is 1.77. The lowest BCUT2D eigenvalue weighted by Gasteiger charge is -2.24. The van der Waals surface area contributed by atoms with Crippen molar-refractivity contribution < 1.29 is 9.53 Å². The number of nitrogens with zero attached hydrogens (tertiary/aromatic N) is 6. The van der Waals surface area contributed by atoms with Crippen molar-refractivity contribution in [3.8, 4) is 10.7 Å². The van der Waals surface area contributed by atoms with E-state index in [0.717, 1.165) is 21.3 Å². The van der Waals surface area contributed by atoms with Gasteiger partial charge in [0.25, 0.3) is 0 Å². The quantitative estimate of drug-likeness (QED) is 0.540. The van der Waals surface area contributed by atoms with Crippen molar-refractivity contribution in [2.45, 2.75) is 26.4 Å². The maximum Gasteiger partial charge on any atom is 0.414 e. The Morgan fingerprint density at radius 1 is 1.27 bits per heavy atom. The Labute approximate surface area is 153 Å². The molecule has 0 spiro atoms. The van der Waals surface area contributed by atoms with Crippen molar-refractivity contribution in [2.24, 2.45) is 0 Å². The van der Waals surface area contributed by atoms with Crippen LogP contribution in [0.15, 0.2) is 36.9 Å². The second kappa shape index (κ2) is 5.80. The Hall–Kier alpha value is -2.94. The molecule has 0 atom stereocenters. The van der Waals surface area contributed by atoms with Crippen molar-refractivity contribution in [1.82, 2.24) is 24.0 Å². The first-order chi connectivity index (χ1) is 12.3. The number of aromatic nitrogens is 5. The highest BCUT2D eigenvalue weighted by atomic mass is 32.1. The Morgan fingerprint density at radius 2 is 2.08 bits per heavy atom. The summed E-state index contributed by atoms with van der Waals surface area (Å²) < 4.78 is 9.08. The highest BCUT2D eigenvalue weighted by Gasteiger charge is 2.21. The third-order valence-electron chi connectivity index (χ3n) is 3.74. The summed E-state index contributed by atoms with van der Waals surface area (Å²) >= 11 is 1.48. The smallest absolute Gasteiger partial charge is 0.414 e. The lowest BCUT2D eigenvalue weighted by molar-refractivity contribution is 0.0589. The molecule has 8 nitrogen and oxygen atoms in total. The van der Waals surface area contributed by atoms with Crippen molar-refractivity contribution in [3.05, 3.63) is 36.9 Å². The van der Waals surface area contributed by atoms with Crippen LogP contribution < -0.4 is 4.90 Å².